The van der Waals surface area contributed by atoms with Crippen molar-refractivity contribution in [3.63, 3.8) is 0 Å². The van der Waals surface area contributed by atoms with Gasteiger partial charge in [0, 0.05) is 13.1 Å². The molecule has 0 aliphatic heterocycles. The van der Waals surface area contributed by atoms with Crippen LogP contribution in [0.2, 0.25) is 0 Å². The number of carbonyl (C=O) groups excluding carboxylic acids is 1. The first-order valence-electron chi connectivity index (χ1n) is 6.45. The molecule has 0 unspecified atom stereocenters. The molecule has 2 N–H and O–H groups in total. The predicted octanol–water partition coefficient (Wildman–Crippen LogP) is 2.82. The molecule has 0 atom stereocenters. The van der Waals surface area contributed by atoms with Crippen molar-refractivity contribution in [2.75, 3.05) is 18.4 Å². The van der Waals surface area contributed by atoms with E-state index in [0.29, 0.717) is 18.8 Å². The molecule has 0 saturated carbocycles. The minimum atomic E-state index is -1.04. The molecule has 1 aromatic rings. The van der Waals surface area contributed by atoms with Gasteiger partial charge in [-0.15, -0.1) is 0 Å². The van der Waals surface area contributed by atoms with E-state index in [4.69, 9.17) is 0 Å². The van der Waals surface area contributed by atoms with Crippen molar-refractivity contribution in [1.29, 1.82) is 0 Å². The Balaban J connectivity index is 3.00. The SMILES string of the molecule is CCc1ccc(NC(=O)N(CC)CC)c(C(=O)O)c1. The van der Waals surface area contributed by atoms with Gasteiger partial charge < -0.3 is 15.3 Å². The molecule has 19 heavy (non-hydrogen) atoms. The standard InChI is InChI=1S/C14H20N2O3/c1-4-10-7-8-12(11(9-10)13(17)18)15-14(19)16(5-2)6-3/h7-9H,4-6H2,1-3H3,(H,15,19)(H,17,18). The van der Waals surface area contributed by atoms with Crippen LogP contribution in [0.5, 0.6) is 0 Å². The number of hydrogen-bond donors (Lipinski definition) is 2. The van der Waals surface area contributed by atoms with E-state index in [1.807, 2.05) is 26.8 Å². The lowest BCUT2D eigenvalue weighted by atomic mass is 10.1. The van der Waals surface area contributed by atoms with Crippen LogP contribution in [-0.2, 0) is 6.42 Å². The third kappa shape index (κ3) is 3.71. The summed E-state index contributed by atoms with van der Waals surface area (Å²) in [7, 11) is 0. The van der Waals surface area contributed by atoms with Gasteiger partial charge in [0.25, 0.3) is 0 Å². The highest BCUT2D eigenvalue weighted by molar-refractivity contribution is 6.00. The second-order valence-electron chi connectivity index (χ2n) is 4.14. The molecule has 0 spiro atoms. The Morgan fingerprint density at radius 1 is 1.21 bits per heavy atom. The molecule has 5 nitrogen and oxygen atoms in total. The number of urea groups is 1. The largest absolute Gasteiger partial charge is 0.478 e. The molecule has 2 amide bonds. The van der Waals surface area contributed by atoms with Gasteiger partial charge in [0.1, 0.15) is 0 Å². The fourth-order valence-electron chi connectivity index (χ4n) is 1.80. The summed E-state index contributed by atoms with van der Waals surface area (Å²) in [5.74, 6) is -1.04. The second kappa shape index (κ2) is 6.78. The number of carbonyl (C=O) groups is 2. The minimum absolute atomic E-state index is 0.125. The lowest BCUT2D eigenvalue weighted by Crippen LogP contribution is -2.34. The van der Waals surface area contributed by atoms with Gasteiger partial charge in [-0.2, -0.15) is 0 Å². The van der Waals surface area contributed by atoms with Crippen molar-refractivity contribution in [1.82, 2.24) is 4.90 Å². The first-order valence-corrected chi connectivity index (χ1v) is 6.45. The van der Waals surface area contributed by atoms with Crippen LogP contribution in [0, 0.1) is 0 Å². The van der Waals surface area contributed by atoms with E-state index in [1.54, 1.807) is 17.0 Å². The molecule has 5 heteroatoms. The highest BCUT2D eigenvalue weighted by Crippen LogP contribution is 2.18. The molecule has 1 rings (SSSR count). The topological polar surface area (TPSA) is 69.6 Å². The van der Waals surface area contributed by atoms with E-state index in [2.05, 4.69) is 5.32 Å². The zero-order chi connectivity index (χ0) is 14.4. The number of benzene rings is 1. The highest BCUT2D eigenvalue weighted by atomic mass is 16.4. The van der Waals surface area contributed by atoms with Crippen molar-refractivity contribution in [3.8, 4) is 0 Å². The molecule has 0 aliphatic rings. The number of nitrogens with one attached hydrogen (secondary N) is 1. The van der Waals surface area contributed by atoms with E-state index in [-0.39, 0.29) is 11.6 Å². The predicted molar refractivity (Wildman–Crippen MR) is 74.7 cm³/mol. The van der Waals surface area contributed by atoms with Gasteiger partial charge in [0.2, 0.25) is 0 Å². The number of carboxylic acid groups (broad SMARTS) is 1. The zero-order valence-electron chi connectivity index (χ0n) is 11.6. The van der Waals surface area contributed by atoms with Gasteiger partial charge in [-0.25, -0.2) is 9.59 Å². The molecule has 0 saturated heterocycles. The number of hydrogen-bond acceptors (Lipinski definition) is 2. The molecule has 0 heterocycles. The number of amides is 2. The molecule has 0 aromatic heterocycles. The Kier molecular flexibility index (Phi) is 5.36. The Morgan fingerprint density at radius 2 is 1.84 bits per heavy atom. The number of carboxylic acids is 1. The summed E-state index contributed by atoms with van der Waals surface area (Å²) in [6.45, 7) is 6.87. The van der Waals surface area contributed by atoms with E-state index >= 15 is 0 Å². The molecular weight excluding hydrogens is 244 g/mol. The normalized spacial score (nSPS) is 10.1. The Bertz CT molecular complexity index is 468. The van der Waals surface area contributed by atoms with E-state index in [1.165, 1.54) is 0 Å². The monoisotopic (exact) mass is 264 g/mol. The molecule has 104 valence electrons. The summed E-state index contributed by atoms with van der Waals surface area (Å²) in [6.07, 6.45) is 0.755. The van der Waals surface area contributed by atoms with Crippen LogP contribution in [0.3, 0.4) is 0 Å². The van der Waals surface area contributed by atoms with Crippen LogP contribution < -0.4 is 5.32 Å². The summed E-state index contributed by atoms with van der Waals surface area (Å²) in [5.41, 5.74) is 1.39. The average molecular weight is 264 g/mol. The second-order valence-corrected chi connectivity index (χ2v) is 4.14. The summed E-state index contributed by atoms with van der Waals surface area (Å²) in [5, 5.41) is 11.8. The van der Waals surface area contributed by atoms with Crippen molar-refractivity contribution in [3.05, 3.63) is 29.3 Å². The molecule has 0 aliphatic carbocycles. The number of aryl methyl sites for hydroxylation is 1. The van der Waals surface area contributed by atoms with Crippen LogP contribution in [0.25, 0.3) is 0 Å². The van der Waals surface area contributed by atoms with Gasteiger partial charge in [-0.05, 0) is 38.0 Å². The third-order valence-electron chi connectivity index (χ3n) is 3.01. The molecular formula is C14H20N2O3. The molecule has 0 bridgehead atoms. The third-order valence-corrected chi connectivity index (χ3v) is 3.01. The van der Waals surface area contributed by atoms with Crippen LogP contribution in [0.15, 0.2) is 18.2 Å². The summed E-state index contributed by atoms with van der Waals surface area (Å²) in [4.78, 5) is 24.7. The number of anilines is 1. The lowest BCUT2D eigenvalue weighted by Gasteiger charge is -2.20. The van der Waals surface area contributed by atoms with E-state index in [0.717, 1.165) is 12.0 Å². The molecule has 1 aromatic carbocycles. The Labute approximate surface area is 113 Å². The van der Waals surface area contributed by atoms with Gasteiger partial charge in [-0.3, -0.25) is 0 Å². The lowest BCUT2D eigenvalue weighted by molar-refractivity contribution is 0.0698. The van der Waals surface area contributed by atoms with Gasteiger partial charge in [-0.1, -0.05) is 13.0 Å². The summed E-state index contributed by atoms with van der Waals surface area (Å²) in [6, 6.07) is 4.78. The average Bonchev–Trinajstić information content (AvgIpc) is 2.40. The number of aromatic carboxylic acids is 1. The quantitative estimate of drug-likeness (QED) is 0.859. The van der Waals surface area contributed by atoms with Crippen LogP contribution in [0.4, 0.5) is 10.5 Å². The van der Waals surface area contributed by atoms with E-state index in [9.17, 15) is 14.7 Å². The van der Waals surface area contributed by atoms with Gasteiger partial charge in [0.15, 0.2) is 0 Å². The highest BCUT2D eigenvalue weighted by Gasteiger charge is 2.15. The van der Waals surface area contributed by atoms with Gasteiger partial charge >= 0.3 is 12.0 Å². The smallest absolute Gasteiger partial charge is 0.337 e. The number of rotatable bonds is 5. The maximum Gasteiger partial charge on any atom is 0.337 e. The van der Waals surface area contributed by atoms with Crippen LogP contribution in [0.1, 0.15) is 36.7 Å². The Morgan fingerprint density at radius 3 is 2.32 bits per heavy atom. The van der Waals surface area contributed by atoms with Crippen molar-refractivity contribution < 1.29 is 14.7 Å². The molecule has 0 fully saturated rings. The van der Waals surface area contributed by atoms with Crippen molar-refractivity contribution >= 4 is 17.7 Å². The Hall–Kier alpha value is -2.04. The zero-order valence-corrected chi connectivity index (χ0v) is 11.6. The van der Waals surface area contributed by atoms with Crippen LogP contribution >= 0.6 is 0 Å². The maximum atomic E-state index is 11.9. The number of nitrogens with zero attached hydrogens (tertiary/aromatic N) is 1. The molecule has 0 radical (unpaired) electrons. The minimum Gasteiger partial charge on any atom is -0.478 e. The first-order chi connectivity index (χ1) is 9.03. The fraction of sp³-hybridized carbons (Fsp3) is 0.429. The van der Waals surface area contributed by atoms with E-state index < -0.39 is 5.97 Å². The summed E-state index contributed by atoms with van der Waals surface area (Å²) < 4.78 is 0. The maximum absolute atomic E-state index is 11.9. The fourth-order valence-corrected chi connectivity index (χ4v) is 1.80. The summed E-state index contributed by atoms with van der Waals surface area (Å²) >= 11 is 0. The van der Waals surface area contributed by atoms with Crippen molar-refractivity contribution in [2.45, 2.75) is 27.2 Å². The van der Waals surface area contributed by atoms with Crippen LogP contribution in [-0.4, -0.2) is 35.1 Å². The first kappa shape index (κ1) is 15.0. The van der Waals surface area contributed by atoms with Crippen molar-refractivity contribution in [2.24, 2.45) is 0 Å². The van der Waals surface area contributed by atoms with Gasteiger partial charge in [0.05, 0.1) is 11.3 Å².